The highest BCUT2D eigenvalue weighted by molar-refractivity contribution is 5.73. The molecule has 3 rings (SSSR count). The van der Waals surface area contributed by atoms with Crippen LogP contribution in [0.3, 0.4) is 0 Å². The fourth-order valence-corrected chi connectivity index (χ4v) is 4.11. The maximum absolute atomic E-state index is 12.4. The summed E-state index contributed by atoms with van der Waals surface area (Å²) in [6.07, 6.45) is 1.73. The van der Waals surface area contributed by atoms with Crippen molar-refractivity contribution in [2.24, 2.45) is 5.92 Å². The highest BCUT2D eigenvalue weighted by Crippen LogP contribution is 2.56. The fraction of sp³-hybridized carbons (Fsp3) is 0.500. The summed E-state index contributed by atoms with van der Waals surface area (Å²) in [6.45, 7) is 11.0. The second kappa shape index (κ2) is 4.62. The topological polar surface area (TPSA) is 29.5 Å². The molecule has 3 nitrogen and oxygen atoms in total. The fourth-order valence-electron chi connectivity index (χ4n) is 4.11. The van der Waals surface area contributed by atoms with E-state index < -0.39 is 5.60 Å². The highest BCUT2D eigenvalue weighted by Gasteiger charge is 2.66. The van der Waals surface area contributed by atoms with Crippen LogP contribution in [0.15, 0.2) is 42.5 Å². The molecular formula is C18H23NO2. The van der Waals surface area contributed by atoms with Crippen molar-refractivity contribution in [2.75, 3.05) is 0 Å². The maximum Gasteiger partial charge on any atom is 0.411 e. The summed E-state index contributed by atoms with van der Waals surface area (Å²) >= 11 is 0. The lowest BCUT2D eigenvalue weighted by Crippen LogP contribution is -2.55. The van der Waals surface area contributed by atoms with E-state index in [2.05, 4.69) is 39.5 Å². The van der Waals surface area contributed by atoms with E-state index in [1.165, 1.54) is 0 Å². The van der Waals surface area contributed by atoms with Crippen LogP contribution in [0.1, 0.15) is 39.2 Å². The molecule has 0 N–H and O–H groups in total. The van der Waals surface area contributed by atoms with Crippen LogP contribution in [0, 0.1) is 5.92 Å². The van der Waals surface area contributed by atoms with Crippen molar-refractivity contribution in [3.8, 4) is 0 Å². The van der Waals surface area contributed by atoms with E-state index in [0.29, 0.717) is 6.54 Å². The molecule has 0 spiro atoms. The monoisotopic (exact) mass is 285 g/mol. The predicted molar refractivity (Wildman–Crippen MR) is 82.8 cm³/mol. The molecule has 1 aromatic carbocycles. The number of fused-ring (bicyclic) bond motifs is 1. The van der Waals surface area contributed by atoms with E-state index in [-0.39, 0.29) is 17.6 Å². The molecule has 1 aromatic rings. The molecule has 3 atom stereocenters. The number of ether oxygens (including phenoxy) is 1. The first-order chi connectivity index (χ1) is 9.88. The molecule has 2 fully saturated rings. The van der Waals surface area contributed by atoms with Gasteiger partial charge in [-0.05, 0) is 39.2 Å². The molecule has 1 heterocycles. The van der Waals surface area contributed by atoms with Crippen LogP contribution in [0.2, 0.25) is 0 Å². The minimum absolute atomic E-state index is 0.199. The van der Waals surface area contributed by atoms with Crippen molar-refractivity contribution in [3.05, 3.63) is 48.0 Å². The van der Waals surface area contributed by atoms with Crippen molar-refractivity contribution < 1.29 is 9.53 Å². The molecule has 0 radical (unpaired) electrons. The van der Waals surface area contributed by atoms with Crippen LogP contribution in [0.4, 0.5) is 4.79 Å². The van der Waals surface area contributed by atoms with E-state index in [1.54, 1.807) is 0 Å². The normalized spacial score (nSPS) is 34.7. The molecule has 1 saturated carbocycles. The van der Waals surface area contributed by atoms with Gasteiger partial charge in [0.25, 0.3) is 0 Å². The Hall–Kier alpha value is -1.77. The van der Waals surface area contributed by atoms with Crippen molar-refractivity contribution >= 4 is 6.09 Å². The third-order valence-electron chi connectivity index (χ3n) is 5.53. The van der Waals surface area contributed by atoms with Crippen LogP contribution < -0.4 is 0 Å². The summed E-state index contributed by atoms with van der Waals surface area (Å²) in [7, 11) is 0. The molecule has 0 unspecified atom stereocenters. The minimum Gasteiger partial charge on any atom is -0.441 e. The quantitative estimate of drug-likeness (QED) is 0.781. The van der Waals surface area contributed by atoms with Gasteiger partial charge in [0.1, 0.15) is 5.60 Å². The largest absolute Gasteiger partial charge is 0.441 e. The predicted octanol–water partition coefficient (Wildman–Crippen LogP) is 4.14. The number of nitrogens with zero attached hydrogens (tertiary/aromatic N) is 1. The van der Waals surface area contributed by atoms with Gasteiger partial charge < -0.3 is 4.74 Å². The zero-order valence-corrected chi connectivity index (χ0v) is 13.1. The van der Waals surface area contributed by atoms with Crippen LogP contribution in [-0.2, 0) is 11.3 Å². The lowest BCUT2D eigenvalue weighted by molar-refractivity contribution is 0.0213. The van der Waals surface area contributed by atoms with Crippen LogP contribution in [0.5, 0.6) is 0 Å². The van der Waals surface area contributed by atoms with E-state index in [9.17, 15) is 4.79 Å². The smallest absolute Gasteiger partial charge is 0.411 e. The van der Waals surface area contributed by atoms with E-state index >= 15 is 0 Å². The summed E-state index contributed by atoms with van der Waals surface area (Å²) < 4.78 is 5.79. The average Bonchev–Trinajstić information content (AvgIpc) is 2.79. The van der Waals surface area contributed by atoms with E-state index in [4.69, 9.17) is 4.74 Å². The van der Waals surface area contributed by atoms with Crippen molar-refractivity contribution in [2.45, 2.75) is 51.3 Å². The van der Waals surface area contributed by atoms with Crippen LogP contribution >= 0.6 is 0 Å². The number of benzene rings is 1. The second-order valence-electron chi connectivity index (χ2n) is 6.76. The molecule has 1 aliphatic carbocycles. The Kier molecular flexibility index (Phi) is 3.12. The van der Waals surface area contributed by atoms with Gasteiger partial charge in [0.05, 0.1) is 5.54 Å². The molecule has 2 aliphatic rings. The van der Waals surface area contributed by atoms with Crippen LogP contribution in [0.25, 0.3) is 0 Å². The number of carbonyl (C=O) groups excluding carboxylic acids is 1. The average molecular weight is 285 g/mol. The van der Waals surface area contributed by atoms with Crippen molar-refractivity contribution in [1.82, 2.24) is 4.90 Å². The van der Waals surface area contributed by atoms with Gasteiger partial charge in [-0.3, -0.25) is 4.90 Å². The number of hydrogen-bond acceptors (Lipinski definition) is 2. The first-order valence-corrected chi connectivity index (χ1v) is 7.58. The Balaban J connectivity index is 1.99. The number of carbonyl (C=O) groups is 1. The Labute approximate surface area is 126 Å². The summed E-state index contributed by atoms with van der Waals surface area (Å²) in [4.78, 5) is 14.4. The van der Waals surface area contributed by atoms with Crippen molar-refractivity contribution in [1.29, 1.82) is 0 Å². The van der Waals surface area contributed by atoms with Gasteiger partial charge >= 0.3 is 6.09 Å². The van der Waals surface area contributed by atoms with Gasteiger partial charge in [-0.1, -0.05) is 42.5 Å². The minimum atomic E-state index is -0.414. The standard InChI is InChI=1S/C18H23NO2/c1-13(2)15-10-11-17(3)18(15,4)19(16(20)21-17)12-14-8-6-5-7-9-14/h5-9,15H,1,10-12H2,2-4H3/t15-,17-,18+/m0/s1. The van der Waals surface area contributed by atoms with Gasteiger partial charge in [0.2, 0.25) is 0 Å². The maximum atomic E-state index is 12.4. The SMILES string of the molecule is C=C(C)[C@@H]1CC[C@]2(C)OC(=O)N(Cc3ccccc3)[C@]12C. The van der Waals surface area contributed by atoms with E-state index in [0.717, 1.165) is 24.0 Å². The highest BCUT2D eigenvalue weighted by atomic mass is 16.6. The summed E-state index contributed by atoms with van der Waals surface area (Å²) in [5, 5.41) is 0. The Morgan fingerprint density at radius 3 is 2.67 bits per heavy atom. The first kappa shape index (κ1) is 14.2. The number of hydrogen-bond donors (Lipinski definition) is 0. The molecule has 1 amide bonds. The lowest BCUT2D eigenvalue weighted by Gasteiger charge is -2.41. The molecule has 112 valence electrons. The summed E-state index contributed by atoms with van der Waals surface area (Å²) in [5.41, 5.74) is 1.54. The number of amides is 1. The van der Waals surface area contributed by atoms with Gasteiger partial charge in [-0.2, -0.15) is 0 Å². The van der Waals surface area contributed by atoms with Crippen LogP contribution in [-0.4, -0.2) is 22.1 Å². The number of rotatable bonds is 3. The molecule has 3 heteroatoms. The lowest BCUT2D eigenvalue weighted by atomic mass is 9.76. The third kappa shape index (κ3) is 1.90. The molecule has 0 bridgehead atoms. The molecule has 21 heavy (non-hydrogen) atoms. The molecule has 0 aromatic heterocycles. The Morgan fingerprint density at radius 2 is 2.05 bits per heavy atom. The Morgan fingerprint density at radius 1 is 1.38 bits per heavy atom. The zero-order valence-electron chi connectivity index (χ0n) is 13.1. The summed E-state index contributed by atoms with van der Waals surface area (Å²) in [6, 6.07) is 10.1. The third-order valence-corrected chi connectivity index (χ3v) is 5.53. The van der Waals surface area contributed by atoms with Crippen molar-refractivity contribution in [3.63, 3.8) is 0 Å². The van der Waals surface area contributed by atoms with E-state index in [1.807, 2.05) is 23.1 Å². The molecule has 1 aliphatic heterocycles. The first-order valence-electron chi connectivity index (χ1n) is 7.58. The summed E-state index contributed by atoms with van der Waals surface area (Å²) in [5.74, 6) is 0.290. The second-order valence-corrected chi connectivity index (χ2v) is 6.76. The van der Waals surface area contributed by atoms with Gasteiger partial charge in [0, 0.05) is 12.5 Å². The van der Waals surface area contributed by atoms with Gasteiger partial charge in [0.15, 0.2) is 0 Å². The zero-order chi connectivity index (χ0) is 15.3. The molecular weight excluding hydrogens is 262 g/mol. The molecule has 1 saturated heterocycles. The Bertz CT molecular complexity index is 582. The van der Waals surface area contributed by atoms with Gasteiger partial charge in [-0.25, -0.2) is 4.79 Å². The van der Waals surface area contributed by atoms with Gasteiger partial charge in [-0.15, -0.1) is 0 Å².